The van der Waals surface area contributed by atoms with E-state index in [4.69, 9.17) is 14.2 Å². The first-order valence-electron chi connectivity index (χ1n) is 13.4. The van der Waals surface area contributed by atoms with E-state index in [1.165, 1.54) is 19.2 Å². The summed E-state index contributed by atoms with van der Waals surface area (Å²) < 4.78 is 16.6. The zero-order valence-corrected chi connectivity index (χ0v) is 23.4. The predicted molar refractivity (Wildman–Crippen MR) is 143 cm³/mol. The average molecular weight is 572 g/mol. The van der Waals surface area contributed by atoms with Crippen LogP contribution in [0.15, 0.2) is 18.2 Å². The van der Waals surface area contributed by atoms with Crippen molar-refractivity contribution in [2.24, 2.45) is 11.8 Å². The molecule has 1 saturated heterocycles. The number of phenols is 2. The largest absolute Gasteiger partial charge is 0.508 e. The number of phenolic OH excluding ortho intramolecular Hbond substituents is 2. The Hall–Kier alpha value is -2.09. The van der Waals surface area contributed by atoms with Crippen LogP contribution < -0.4 is 5.32 Å². The van der Waals surface area contributed by atoms with Gasteiger partial charge in [0.25, 0.3) is 0 Å². The number of rotatable bonds is 12. The molecule has 6 N–H and O–H groups in total. The SMILES string of the molecule is CCC[C@H]1CC[C@H](C(=O)N[C@@H]([C@H]2O[C@H](SCCOC(=O)c3cc(O)ccc3O)[C@H](O)[C@@H](O)[C@H]2O)[C@@H](C)OC)C1. The fourth-order valence-electron chi connectivity index (χ4n) is 5.25. The number of aliphatic hydroxyl groups excluding tert-OH is 3. The molecule has 1 aromatic rings. The number of ether oxygens (including phenoxy) is 3. The number of esters is 1. The summed E-state index contributed by atoms with van der Waals surface area (Å²) >= 11 is 1.06. The Kier molecular flexibility index (Phi) is 11.7. The fourth-order valence-corrected chi connectivity index (χ4v) is 6.23. The highest BCUT2D eigenvalue weighted by Crippen LogP contribution is 2.35. The molecule has 0 unspecified atom stereocenters. The lowest BCUT2D eigenvalue weighted by molar-refractivity contribution is -0.212. The van der Waals surface area contributed by atoms with Crippen LogP contribution in [0.25, 0.3) is 0 Å². The number of nitrogens with one attached hydrogen (secondary N) is 1. The van der Waals surface area contributed by atoms with Gasteiger partial charge in [0, 0.05) is 18.8 Å². The standard InChI is InChI=1S/C27H41NO10S/c1-4-5-15-6-7-16(12-15)25(34)28-20(14(2)36-3)24-22(32)21(31)23(33)27(38-24)39-11-10-37-26(35)18-13-17(29)8-9-19(18)30/h8-9,13-16,20-24,27,29-33H,4-7,10-12H2,1-3H3,(H,28,34)/t14-,15+,16+,20-,21+,22-,23-,24-,27-/m1/s1. The van der Waals surface area contributed by atoms with Crippen LogP contribution in [-0.2, 0) is 19.0 Å². The van der Waals surface area contributed by atoms with Crippen LogP contribution in [0.1, 0.15) is 56.3 Å². The Labute approximate surface area is 232 Å². The van der Waals surface area contributed by atoms with Crippen molar-refractivity contribution in [1.82, 2.24) is 5.32 Å². The Morgan fingerprint density at radius 3 is 2.59 bits per heavy atom. The topological polar surface area (TPSA) is 175 Å². The van der Waals surface area contributed by atoms with Crippen LogP contribution in [0.3, 0.4) is 0 Å². The molecule has 2 aliphatic rings. The maximum absolute atomic E-state index is 13.1. The lowest BCUT2D eigenvalue weighted by Crippen LogP contribution is -2.65. The van der Waals surface area contributed by atoms with Crippen LogP contribution in [0.4, 0.5) is 0 Å². The van der Waals surface area contributed by atoms with Gasteiger partial charge in [0.05, 0.1) is 12.1 Å². The normalized spacial score (nSPS) is 30.5. The van der Waals surface area contributed by atoms with Crippen LogP contribution >= 0.6 is 11.8 Å². The molecular weight excluding hydrogens is 530 g/mol. The second-order valence-electron chi connectivity index (χ2n) is 10.3. The smallest absolute Gasteiger partial charge is 0.342 e. The number of aliphatic hydroxyl groups is 3. The predicted octanol–water partition coefficient (Wildman–Crippen LogP) is 1.53. The number of carbonyl (C=O) groups excluding carboxylic acids is 2. The van der Waals surface area contributed by atoms with E-state index in [1.807, 2.05) is 0 Å². The molecule has 2 fully saturated rings. The Bertz CT molecular complexity index is 964. The highest BCUT2D eigenvalue weighted by Gasteiger charge is 2.49. The minimum atomic E-state index is -1.54. The summed E-state index contributed by atoms with van der Waals surface area (Å²) in [7, 11) is 1.47. The van der Waals surface area contributed by atoms with E-state index in [0.717, 1.165) is 49.9 Å². The molecule has 1 aromatic carbocycles. The van der Waals surface area contributed by atoms with Crippen molar-refractivity contribution >= 4 is 23.6 Å². The summed E-state index contributed by atoms with van der Waals surface area (Å²) in [5, 5.41) is 54.2. The van der Waals surface area contributed by atoms with Crippen LogP contribution in [-0.4, -0.2) is 98.9 Å². The number of methoxy groups -OCH3 is 1. The zero-order valence-electron chi connectivity index (χ0n) is 22.6. The fraction of sp³-hybridized carbons (Fsp3) is 0.704. The Balaban J connectivity index is 1.61. The van der Waals surface area contributed by atoms with Gasteiger partial charge in [-0.15, -0.1) is 11.8 Å². The molecule has 0 radical (unpaired) electrons. The Morgan fingerprint density at radius 2 is 1.90 bits per heavy atom. The van der Waals surface area contributed by atoms with E-state index in [9.17, 15) is 35.1 Å². The van der Waals surface area contributed by atoms with Gasteiger partial charge in [-0.2, -0.15) is 0 Å². The number of hydrogen-bond donors (Lipinski definition) is 6. The maximum atomic E-state index is 13.1. The number of aromatic hydroxyl groups is 2. The molecule has 3 rings (SSSR count). The van der Waals surface area contributed by atoms with Crippen molar-refractivity contribution < 1.29 is 49.3 Å². The molecule has 220 valence electrons. The second kappa shape index (κ2) is 14.5. The molecule has 1 aliphatic carbocycles. The van der Waals surface area contributed by atoms with Gasteiger partial charge in [0.1, 0.15) is 53.5 Å². The minimum absolute atomic E-state index is 0.121. The maximum Gasteiger partial charge on any atom is 0.342 e. The molecule has 1 aliphatic heterocycles. The summed E-state index contributed by atoms with van der Waals surface area (Å²) in [6, 6.07) is 2.70. The van der Waals surface area contributed by atoms with Crippen molar-refractivity contribution in [2.45, 2.75) is 87.9 Å². The molecule has 0 spiro atoms. The molecule has 9 atom stereocenters. The Morgan fingerprint density at radius 1 is 1.15 bits per heavy atom. The molecule has 1 saturated carbocycles. The summed E-state index contributed by atoms with van der Waals surface area (Å²) in [5.74, 6) is -1.00. The first-order valence-corrected chi connectivity index (χ1v) is 14.5. The first-order chi connectivity index (χ1) is 18.6. The minimum Gasteiger partial charge on any atom is -0.508 e. The van der Waals surface area contributed by atoms with Gasteiger partial charge in [-0.3, -0.25) is 4.79 Å². The van der Waals surface area contributed by atoms with Crippen molar-refractivity contribution in [1.29, 1.82) is 0 Å². The lowest BCUT2D eigenvalue weighted by Gasteiger charge is -2.44. The van der Waals surface area contributed by atoms with Gasteiger partial charge >= 0.3 is 5.97 Å². The molecule has 1 amide bonds. The van der Waals surface area contributed by atoms with Crippen LogP contribution in [0.5, 0.6) is 11.5 Å². The number of hydrogen-bond acceptors (Lipinski definition) is 11. The van der Waals surface area contributed by atoms with Gasteiger partial charge < -0.3 is 45.1 Å². The zero-order chi connectivity index (χ0) is 28.7. The van der Waals surface area contributed by atoms with Crippen LogP contribution in [0, 0.1) is 11.8 Å². The van der Waals surface area contributed by atoms with Crippen molar-refractivity contribution in [3.05, 3.63) is 23.8 Å². The van der Waals surface area contributed by atoms with Crippen LogP contribution in [0.2, 0.25) is 0 Å². The van der Waals surface area contributed by atoms with E-state index >= 15 is 0 Å². The van der Waals surface area contributed by atoms with Crippen molar-refractivity contribution in [3.63, 3.8) is 0 Å². The van der Waals surface area contributed by atoms with E-state index in [2.05, 4.69) is 12.2 Å². The summed E-state index contributed by atoms with van der Waals surface area (Å²) in [6.45, 7) is 3.73. The van der Waals surface area contributed by atoms with E-state index < -0.39 is 48.0 Å². The average Bonchev–Trinajstić information content (AvgIpc) is 3.39. The van der Waals surface area contributed by atoms with Crippen molar-refractivity contribution in [2.75, 3.05) is 19.5 Å². The number of thioether (sulfide) groups is 1. The molecule has 11 nitrogen and oxygen atoms in total. The third-order valence-corrected chi connectivity index (χ3v) is 8.68. The highest BCUT2D eigenvalue weighted by molar-refractivity contribution is 7.99. The third-order valence-electron chi connectivity index (χ3n) is 7.55. The second-order valence-corrected chi connectivity index (χ2v) is 11.5. The molecule has 0 bridgehead atoms. The molecule has 0 aromatic heterocycles. The lowest BCUT2D eigenvalue weighted by atomic mass is 9.91. The molecule has 39 heavy (non-hydrogen) atoms. The number of benzene rings is 1. The van der Waals surface area contributed by atoms with E-state index in [0.29, 0.717) is 5.92 Å². The monoisotopic (exact) mass is 571 g/mol. The van der Waals surface area contributed by atoms with E-state index in [1.54, 1.807) is 6.92 Å². The summed E-state index contributed by atoms with van der Waals surface area (Å²) in [4.78, 5) is 25.4. The van der Waals surface area contributed by atoms with Gasteiger partial charge in [-0.05, 0) is 50.3 Å². The third kappa shape index (κ3) is 7.99. The van der Waals surface area contributed by atoms with Crippen molar-refractivity contribution in [3.8, 4) is 11.5 Å². The van der Waals surface area contributed by atoms with Gasteiger partial charge in [-0.25, -0.2) is 4.79 Å². The molecular formula is C27H41NO10S. The van der Waals surface area contributed by atoms with Gasteiger partial charge in [0.2, 0.25) is 5.91 Å². The number of carbonyl (C=O) groups is 2. The molecule has 12 heteroatoms. The first kappa shape index (κ1) is 31.4. The van der Waals surface area contributed by atoms with Gasteiger partial charge in [0.15, 0.2) is 0 Å². The molecule has 1 heterocycles. The number of amides is 1. The van der Waals surface area contributed by atoms with Gasteiger partial charge in [-0.1, -0.05) is 19.8 Å². The summed E-state index contributed by atoms with van der Waals surface area (Å²) in [5.41, 5.74) is -1.19. The summed E-state index contributed by atoms with van der Waals surface area (Å²) in [6.07, 6.45) is -1.35. The van der Waals surface area contributed by atoms with E-state index in [-0.39, 0.29) is 41.2 Å². The quantitative estimate of drug-likeness (QED) is 0.122. The highest BCUT2D eigenvalue weighted by atomic mass is 32.2.